The number of nitrogens with zero attached hydrogens (tertiary/aromatic N) is 3. The zero-order valence-electron chi connectivity index (χ0n) is 14.3. The van der Waals surface area contributed by atoms with E-state index in [1.807, 2.05) is 0 Å². The van der Waals surface area contributed by atoms with E-state index in [0.29, 0.717) is 51.9 Å². The Bertz CT molecular complexity index is 647. The molecule has 0 atom stereocenters. The van der Waals surface area contributed by atoms with Crippen molar-refractivity contribution in [3.63, 3.8) is 0 Å². The Morgan fingerprint density at radius 1 is 1.04 bits per heavy atom. The normalized spacial score (nSPS) is 24.7. The van der Waals surface area contributed by atoms with Crippen LogP contribution in [0.25, 0.3) is 0 Å². The number of carbonyl (C=O) groups is 3. The van der Waals surface area contributed by atoms with Crippen LogP contribution in [0.15, 0.2) is 0 Å². The van der Waals surface area contributed by atoms with Crippen LogP contribution in [0.5, 0.6) is 0 Å². The van der Waals surface area contributed by atoms with Crippen LogP contribution in [0.4, 0.5) is 4.79 Å². The summed E-state index contributed by atoms with van der Waals surface area (Å²) in [5, 5.41) is 2.52. The fourth-order valence-corrected chi connectivity index (χ4v) is 4.72. The minimum atomic E-state index is -3.19. The third kappa shape index (κ3) is 3.79. The number of nitrogens with one attached hydrogen (secondary N) is 1. The molecule has 3 heterocycles. The predicted octanol–water partition coefficient (Wildman–Crippen LogP) is -0.799. The summed E-state index contributed by atoms with van der Waals surface area (Å²) in [4.78, 5) is 39.2. The highest BCUT2D eigenvalue weighted by Crippen LogP contribution is 2.25. The van der Waals surface area contributed by atoms with Crippen molar-refractivity contribution in [3.8, 4) is 0 Å². The monoisotopic (exact) mass is 372 g/mol. The van der Waals surface area contributed by atoms with Gasteiger partial charge in [0.15, 0.2) is 0 Å². The quantitative estimate of drug-likeness (QED) is 0.653. The number of carbonyl (C=O) groups excluding carboxylic acids is 3. The molecule has 10 heteroatoms. The van der Waals surface area contributed by atoms with Crippen molar-refractivity contribution in [1.29, 1.82) is 0 Å². The SMILES string of the molecule is CS(=O)(=O)N1CCC(C(=O)N2CCC(N3C(=O)CNC3=O)CC2)CC1. The van der Waals surface area contributed by atoms with Crippen molar-refractivity contribution in [2.45, 2.75) is 31.7 Å². The van der Waals surface area contributed by atoms with Crippen LogP contribution in [-0.2, 0) is 19.6 Å². The number of piperidine rings is 2. The first kappa shape index (κ1) is 18.1. The van der Waals surface area contributed by atoms with Gasteiger partial charge in [0.1, 0.15) is 0 Å². The van der Waals surface area contributed by atoms with Gasteiger partial charge in [-0.25, -0.2) is 17.5 Å². The number of hydrogen-bond acceptors (Lipinski definition) is 5. The van der Waals surface area contributed by atoms with Gasteiger partial charge >= 0.3 is 6.03 Å². The summed E-state index contributed by atoms with van der Waals surface area (Å²) in [6.07, 6.45) is 3.45. The number of amides is 4. The Hall–Kier alpha value is -1.68. The highest BCUT2D eigenvalue weighted by molar-refractivity contribution is 7.88. The fraction of sp³-hybridized carbons (Fsp3) is 0.800. The number of urea groups is 1. The van der Waals surface area contributed by atoms with Crippen molar-refractivity contribution in [2.75, 3.05) is 39.0 Å². The summed E-state index contributed by atoms with van der Waals surface area (Å²) < 4.78 is 24.5. The van der Waals surface area contributed by atoms with Gasteiger partial charge in [-0.3, -0.25) is 14.5 Å². The molecule has 9 nitrogen and oxygen atoms in total. The molecule has 0 aromatic heterocycles. The van der Waals surface area contributed by atoms with E-state index in [1.54, 1.807) is 4.90 Å². The number of hydrogen-bond donors (Lipinski definition) is 1. The number of sulfonamides is 1. The summed E-state index contributed by atoms with van der Waals surface area (Å²) in [6.45, 7) is 1.86. The van der Waals surface area contributed by atoms with Crippen molar-refractivity contribution >= 4 is 27.9 Å². The van der Waals surface area contributed by atoms with Crippen molar-refractivity contribution < 1.29 is 22.8 Å². The van der Waals surface area contributed by atoms with E-state index in [2.05, 4.69) is 5.32 Å². The largest absolute Gasteiger partial charge is 0.342 e. The van der Waals surface area contributed by atoms with Gasteiger partial charge in [-0.15, -0.1) is 0 Å². The molecule has 3 saturated heterocycles. The highest BCUT2D eigenvalue weighted by atomic mass is 32.2. The molecule has 0 unspecified atom stereocenters. The Labute approximate surface area is 147 Å². The molecule has 0 aromatic carbocycles. The maximum atomic E-state index is 12.7. The summed E-state index contributed by atoms with van der Waals surface area (Å²) in [5.74, 6) is -0.294. The standard InChI is InChI=1S/C15H24N4O5S/c1-25(23,24)18-8-2-11(3-9-18)14(21)17-6-4-12(5-7-17)19-13(20)10-16-15(19)22/h11-12H,2-10H2,1H3,(H,16,22). The summed E-state index contributed by atoms with van der Waals surface area (Å²) >= 11 is 0. The van der Waals surface area contributed by atoms with Gasteiger partial charge in [-0.1, -0.05) is 0 Å². The third-order valence-corrected chi connectivity index (χ3v) is 6.59. The van der Waals surface area contributed by atoms with Crippen LogP contribution in [0.2, 0.25) is 0 Å². The summed E-state index contributed by atoms with van der Waals surface area (Å²) in [7, 11) is -3.19. The van der Waals surface area contributed by atoms with Gasteiger partial charge in [0.25, 0.3) is 0 Å². The smallest absolute Gasteiger partial charge is 0.324 e. The molecule has 3 aliphatic heterocycles. The van der Waals surface area contributed by atoms with Gasteiger partial charge < -0.3 is 10.2 Å². The van der Waals surface area contributed by atoms with Crippen LogP contribution >= 0.6 is 0 Å². The van der Waals surface area contributed by atoms with E-state index in [1.165, 1.54) is 15.5 Å². The molecule has 1 N–H and O–H groups in total. The molecule has 0 bridgehead atoms. The van der Waals surface area contributed by atoms with E-state index < -0.39 is 10.0 Å². The second-order valence-electron chi connectivity index (χ2n) is 6.92. The molecule has 4 amide bonds. The zero-order valence-corrected chi connectivity index (χ0v) is 15.1. The molecule has 0 spiro atoms. The molecule has 0 aliphatic carbocycles. The van der Waals surface area contributed by atoms with Crippen molar-refractivity contribution in [1.82, 2.24) is 19.4 Å². The zero-order chi connectivity index (χ0) is 18.2. The van der Waals surface area contributed by atoms with Gasteiger partial charge in [-0.2, -0.15) is 0 Å². The average Bonchev–Trinajstić information content (AvgIpc) is 2.92. The van der Waals surface area contributed by atoms with Gasteiger partial charge in [0, 0.05) is 38.1 Å². The minimum absolute atomic E-state index is 0.0525. The fourth-order valence-electron chi connectivity index (χ4n) is 3.84. The van der Waals surface area contributed by atoms with Crippen LogP contribution in [0.1, 0.15) is 25.7 Å². The lowest BCUT2D eigenvalue weighted by molar-refractivity contribution is -0.138. The van der Waals surface area contributed by atoms with Crippen LogP contribution in [0, 0.1) is 5.92 Å². The summed E-state index contributed by atoms with van der Waals surface area (Å²) in [5.41, 5.74) is 0. The Morgan fingerprint density at radius 2 is 1.64 bits per heavy atom. The Balaban J connectivity index is 1.51. The second-order valence-corrected chi connectivity index (χ2v) is 8.90. The molecular weight excluding hydrogens is 348 g/mol. The maximum Gasteiger partial charge on any atom is 0.324 e. The summed E-state index contributed by atoms with van der Waals surface area (Å²) in [6, 6.07) is -0.492. The first-order valence-electron chi connectivity index (χ1n) is 8.61. The van der Waals surface area contributed by atoms with Crippen molar-refractivity contribution in [3.05, 3.63) is 0 Å². The van der Waals surface area contributed by atoms with Crippen LogP contribution in [0.3, 0.4) is 0 Å². The molecule has 0 aromatic rings. The maximum absolute atomic E-state index is 12.7. The van der Waals surface area contributed by atoms with Crippen LogP contribution in [-0.4, -0.2) is 85.4 Å². The molecule has 0 radical (unpaired) electrons. The molecule has 25 heavy (non-hydrogen) atoms. The van der Waals surface area contributed by atoms with E-state index in [0.717, 1.165) is 0 Å². The lowest BCUT2D eigenvalue weighted by Crippen LogP contribution is -2.51. The third-order valence-electron chi connectivity index (χ3n) is 5.29. The van der Waals surface area contributed by atoms with Gasteiger partial charge in [0.2, 0.25) is 21.8 Å². The minimum Gasteiger partial charge on any atom is -0.342 e. The first-order valence-corrected chi connectivity index (χ1v) is 10.5. The predicted molar refractivity (Wildman–Crippen MR) is 89.0 cm³/mol. The van der Waals surface area contributed by atoms with E-state index in [-0.39, 0.29) is 36.3 Å². The lowest BCUT2D eigenvalue weighted by atomic mass is 9.94. The molecule has 0 saturated carbocycles. The van der Waals surface area contributed by atoms with E-state index in [4.69, 9.17) is 0 Å². The molecule has 140 valence electrons. The highest BCUT2D eigenvalue weighted by Gasteiger charge is 2.38. The molecule has 3 fully saturated rings. The number of imide groups is 1. The number of rotatable bonds is 3. The Kier molecular flexibility index (Phi) is 5.01. The lowest BCUT2D eigenvalue weighted by Gasteiger charge is -2.38. The molecule has 3 aliphatic rings. The number of likely N-dealkylation sites (tertiary alicyclic amines) is 1. The van der Waals surface area contributed by atoms with Gasteiger partial charge in [0.05, 0.1) is 12.8 Å². The molecule has 3 rings (SSSR count). The second kappa shape index (κ2) is 6.91. The van der Waals surface area contributed by atoms with Crippen molar-refractivity contribution in [2.24, 2.45) is 5.92 Å². The topological polar surface area (TPSA) is 107 Å². The van der Waals surface area contributed by atoms with E-state index >= 15 is 0 Å². The van der Waals surface area contributed by atoms with Crippen LogP contribution < -0.4 is 5.32 Å². The van der Waals surface area contributed by atoms with Gasteiger partial charge in [-0.05, 0) is 25.7 Å². The average molecular weight is 372 g/mol. The first-order chi connectivity index (χ1) is 11.8. The van der Waals surface area contributed by atoms with E-state index in [9.17, 15) is 22.8 Å². The Morgan fingerprint density at radius 3 is 2.12 bits per heavy atom. The molecular formula is C15H24N4O5S.